The molecule has 3 nitrogen and oxygen atoms in total. The zero-order valence-electron chi connectivity index (χ0n) is 15.4. The molecule has 2 rings (SSSR count). The molecule has 0 spiro atoms. The Morgan fingerprint density at radius 2 is 1.96 bits per heavy atom. The number of hydrogen-bond donors (Lipinski definition) is 1. The third-order valence-corrected chi connectivity index (χ3v) is 6.22. The predicted octanol–water partition coefficient (Wildman–Crippen LogP) is 4.50. The van der Waals surface area contributed by atoms with Gasteiger partial charge in [-0.1, -0.05) is 56.4 Å². The van der Waals surface area contributed by atoms with E-state index in [-0.39, 0.29) is 11.8 Å². The van der Waals surface area contributed by atoms with Crippen molar-refractivity contribution >= 4 is 5.97 Å². The molecule has 0 radical (unpaired) electrons. The van der Waals surface area contributed by atoms with Gasteiger partial charge in [-0.05, 0) is 45.6 Å². The summed E-state index contributed by atoms with van der Waals surface area (Å²) in [6.07, 6.45) is 10.7. The van der Waals surface area contributed by atoms with Gasteiger partial charge in [-0.3, -0.25) is 4.79 Å². The van der Waals surface area contributed by atoms with Crippen molar-refractivity contribution in [2.45, 2.75) is 65.8 Å². The van der Waals surface area contributed by atoms with Crippen molar-refractivity contribution in [3.63, 3.8) is 0 Å². The van der Waals surface area contributed by atoms with E-state index in [9.17, 15) is 9.90 Å². The first-order valence-electron chi connectivity index (χ1n) is 9.11. The molecule has 0 bridgehead atoms. The Balaban J connectivity index is 2.20. The van der Waals surface area contributed by atoms with E-state index in [0.29, 0.717) is 6.04 Å². The van der Waals surface area contributed by atoms with Crippen molar-refractivity contribution in [2.75, 3.05) is 13.6 Å². The molecule has 0 aromatic carbocycles. The number of hydrogen-bond acceptors (Lipinski definition) is 2. The Hall–Kier alpha value is -1.09. The number of carboxylic acids is 1. The lowest BCUT2D eigenvalue weighted by atomic mass is 9.60. The minimum Gasteiger partial charge on any atom is -0.481 e. The standard InChI is InChI=1S/C20H33NO2/c1-14-11-15(2)20(19(22)23,16(3)12-14)17(4)13-21(5)18-9-7-6-8-10-18/h11-12,15,17-18H,6-10,13H2,1-5H3,(H,22,23). The summed E-state index contributed by atoms with van der Waals surface area (Å²) in [6, 6.07) is 0.623. The molecule has 1 fully saturated rings. The van der Waals surface area contributed by atoms with E-state index >= 15 is 0 Å². The van der Waals surface area contributed by atoms with E-state index in [2.05, 4.69) is 44.9 Å². The molecule has 0 aromatic rings. The van der Waals surface area contributed by atoms with E-state index in [4.69, 9.17) is 0 Å². The number of allylic oxidation sites excluding steroid dienone is 3. The molecule has 130 valence electrons. The highest BCUT2D eigenvalue weighted by Crippen LogP contribution is 2.47. The largest absolute Gasteiger partial charge is 0.481 e. The number of carbonyl (C=O) groups is 1. The average Bonchev–Trinajstić information content (AvgIpc) is 2.47. The van der Waals surface area contributed by atoms with Crippen LogP contribution in [0.4, 0.5) is 0 Å². The van der Waals surface area contributed by atoms with E-state index in [1.807, 2.05) is 6.92 Å². The van der Waals surface area contributed by atoms with E-state index < -0.39 is 11.4 Å². The number of aliphatic carboxylic acids is 1. The second-order valence-electron chi connectivity index (χ2n) is 7.83. The summed E-state index contributed by atoms with van der Waals surface area (Å²) < 4.78 is 0. The Labute approximate surface area is 141 Å². The molecule has 3 atom stereocenters. The van der Waals surface area contributed by atoms with Gasteiger partial charge in [0.05, 0.1) is 5.41 Å². The summed E-state index contributed by atoms with van der Waals surface area (Å²) in [5.74, 6) is -0.561. The van der Waals surface area contributed by atoms with Crippen molar-refractivity contribution < 1.29 is 9.90 Å². The zero-order chi connectivity index (χ0) is 17.2. The molecule has 2 aliphatic carbocycles. The number of carboxylic acid groups (broad SMARTS) is 1. The molecule has 0 aromatic heterocycles. The van der Waals surface area contributed by atoms with Crippen molar-refractivity contribution in [1.29, 1.82) is 0 Å². The van der Waals surface area contributed by atoms with Crippen molar-refractivity contribution in [3.8, 4) is 0 Å². The van der Waals surface area contributed by atoms with Gasteiger partial charge in [0.15, 0.2) is 0 Å². The van der Waals surface area contributed by atoms with Crippen LogP contribution in [0.3, 0.4) is 0 Å². The van der Waals surface area contributed by atoms with Gasteiger partial charge < -0.3 is 10.0 Å². The average molecular weight is 319 g/mol. The second kappa shape index (κ2) is 7.21. The lowest BCUT2D eigenvalue weighted by molar-refractivity contribution is -0.152. The van der Waals surface area contributed by atoms with Crippen LogP contribution in [0.2, 0.25) is 0 Å². The third kappa shape index (κ3) is 3.40. The molecule has 0 saturated heterocycles. The van der Waals surface area contributed by atoms with Crippen LogP contribution in [0.1, 0.15) is 59.8 Å². The monoisotopic (exact) mass is 319 g/mol. The molecule has 1 saturated carbocycles. The Bertz CT molecular complexity index is 502. The summed E-state index contributed by atoms with van der Waals surface area (Å²) in [4.78, 5) is 14.7. The van der Waals surface area contributed by atoms with Crippen molar-refractivity contribution in [1.82, 2.24) is 4.90 Å². The molecule has 1 N–H and O–H groups in total. The highest BCUT2D eigenvalue weighted by atomic mass is 16.4. The van der Waals surface area contributed by atoms with Gasteiger partial charge in [-0.2, -0.15) is 0 Å². The number of nitrogens with zero attached hydrogens (tertiary/aromatic N) is 1. The summed E-state index contributed by atoms with van der Waals surface area (Å²) in [6.45, 7) is 9.09. The molecule has 3 heteroatoms. The number of rotatable bonds is 5. The van der Waals surface area contributed by atoms with E-state index in [0.717, 1.165) is 12.1 Å². The van der Waals surface area contributed by atoms with Gasteiger partial charge in [0.25, 0.3) is 0 Å². The predicted molar refractivity (Wildman–Crippen MR) is 95.4 cm³/mol. The Morgan fingerprint density at radius 1 is 1.35 bits per heavy atom. The maximum absolute atomic E-state index is 12.3. The summed E-state index contributed by atoms with van der Waals surface area (Å²) in [5, 5.41) is 10.1. The molecule has 0 amide bonds. The topological polar surface area (TPSA) is 40.5 Å². The van der Waals surface area contributed by atoms with Gasteiger partial charge in [0.2, 0.25) is 0 Å². The van der Waals surface area contributed by atoms with Crippen LogP contribution < -0.4 is 0 Å². The zero-order valence-corrected chi connectivity index (χ0v) is 15.4. The van der Waals surface area contributed by atoms with Crippen LogP contribution >= 0.6 is 0 Å². The quantitative estimate of drug-likeness (QED) is 0.811. The third-order valence-electron chi connectivity index (χ3n) is 6.22. The Kier molecular flexibility index (Phi) is 5.72. The smallest absolute Gasteiger partial charge is 0.314 e. The normalized spacial score (nSPS) is 30.8. The lowest BCUT2D eigenvalue weighted by Crippen LogP contribution is -2.49. The summed E-state index contributed by atoms with van der Waals surface area (Å²) in [7, 11) is 2.18. The molecular weight excluding hydrogens is 286 g/mol. The summed E-state index contributed by atoms with van der Waals surface area (Å²) in [5.41, 5.74) is 1.41. The first-order valence-corrected chi connectivity index (χ1v) is 9.11. The van der Waals surface area contributed by atoms with Gasteiger partial charge in [-0.25, -0.2) is 0 Å². The molecule has 23 heavy (non-hydrogen) atoms. The Morgan fingerprint density at radius 3 is 2.48 bits per heavy atom. The van der Waals surface area contributed by atoms with Crippen LogP contribution in [-0.2, 0) is 4.79 Å². The lowest BCUT2D eigenvalue weighted by Gasteiger charge is -2.45. The molecular formula is C20H33NO2. The van der Waals surface area contributed by atoms with Gasteiger partial charge >= 0.3 is 5.97 Å². The van der Waals surface area contributed by atoms with Crippen LogP contribution in [0.5, 0.6) is 0 Å². The fourth-order valence-corrected chi connectivity index (χ4v) is 5.05. The van der Waals surface area contributed by atoms with Crippen LogP contribution in [-0.4, -0.2) is 35.6 Å². The summed E-state index contributed by atoms with van der Waals surface area (Å²) >= 11 is 0. The van der Waals surface area contributed by atoms with E-state index in [1.165, 1.54) is 37.7 Å². The molecule has 0 heterocycles. The van der Waals surface area contributed by atoms with E-state index in [1.54, 1.807) is 0 Å². The van der Waals surface area contributed by atoms with Crippen LogP contribution in [0.15, 0.2) is 23.3 Å². The molecule has 0 aliphatic heterocycles. The minimum absolute atomic E-state index is 0.0276. The van der Waals surface area contributed by atoms with Crippen molar-refractivity contribution in [2.24, 2.45) is 17.3 Å². The highest BCUT2D eigenvalue weighted by Gasteiger charge is 2.50. The SMILES string of the molecule is CC1=CC(C)C(C(=O)O)(C(C)CN(C)C2CCCCC2)C(C)=C1. The van der Waals surface area contributed by atoms with Crippen LogP contribution in [0, 0.1) is 17.3 Å². The van der Waals surface area contributed by atoms with Gasteiger partial charge in [0.1, 0.15) is 0 Å². The van der Waals surface area contributed by atoms with Crippen LogP contribution in [0.25, 0.3) is 0 Å². The van der Waals surface area contributed by atoms with Gasteiger partial charge in [0, 0.05) is 12.6 Å². The maximum atomic E-state index is 12.3. The fraction of sp³-hybridized carbons (Fsp3) is 0.750. The molecule has 2 aliphatic rings. The second-order valence-corrected chi connectivity index (χ2v) is 7.83. The minimum atomic E-state index is -0.775. The van der Waals surface area contributed by atoms with Gasteiger partial charge in [-0.15, -0.1) is 0 Å². The first kappa shape index (κ1) is 18.3. The highest BCUT2D eigenvalue weighted by molar-refractivity contribution is 5.80. The van der Waals surface area contributed by atoms with Crippen molar-refractivity contribution in [3.05, 3.63) is 23.3 Å². The molecule has 3 unspecified atom stereocenters. The fourth-order valence-electron chi connectivity index (χ4n) is 5.05. The maximum Gasteiger partial charge on any atom is 0.314 e. The first-order chi connectivity index (χ1) is 10.8.